The van der Waals surface area contributed by atoms with Crippen LogP contribution >= 0.6 is 12.4 Å². The van der Waals surface area contributed by atoms with E-state index in [-0.39, 0.29) is 40.5 Å². The molecule has 1 aliphatic rings. The van der Waals surface area contributed by atoms with Crippen LogP contribution in [0.1, 0.15) is 29.6 Å². The van der Waals surface area contributed by atoms with Crippen molar-refractivity contribution in [1.82, 2.24) is 5.32 Å². The third-order valence-electron chi connectivity index (χ3n) is 3.63. The molecule has 7 nitrogen and oxygen atoms in total. The van der Waals surface area contributed by atoms with Crippen molar-refractivity contribution in [2.45, 2.75) is 30.2 Å². The first kappa shape index (κ1) is 20.4. The molecule has 1 unspecified atom stereocenters. The summed E-state index contributed by atoms with van der Waals surface area (Å²) >= 11 is 0. The Morgan fingerprint density at radius 1 is 1.33 bits per heavy atom. The number of nitrogens with one attached hydrogen (secondary N) is 2. The Hall–Kier alpha value is -1.64. The Balaban J connectivity index is 0.00000288. The Morgan fingerprint density at radius 2 is 2.04 bits per heavy atom. The number of hydrogen-bond donors (Lipinski definition) is 2. The largest absolute Gasteiger partial charge is 0.465 e. The van der Waals surface area contributed by atoms with Gasteiger partial charge in [-0.05, 0) is 37.6 Å². The predicted octanol–water partition coefficient (Wildman–Crippen LogP) is 1.38. The molecule has 0 aromatic heterocycles. The molecule has 24 heavy (non-hydrogen) atoms. The van der Waals surface area contributed by atoms with Crippen molar-refractivity contribution in [3.8, 4) is 0 Å². The number of amides is 1. The summed E-state index contributed by atoms with van der Waals surface area (Å²) in [6.45, 7) is 0.897. The highest BCUT2D eigenvalue weighted by molar-refractivity contribution is 7.90. The molecule has 2 rings (SSSR count). The lowest BCUT2D eigenvalue weighted by atomic mass is 10.1. The first-order valence-electron chi connectivity index (χ1n) is 7.26. The molecule has 0 spiro atoms. The molecular formula is C15H21ClN2O5S. The van der Waals surface area contributed by atoms with Crippen molar-refractivity contribution in [3.05, 3.63) is 23.8 Å². The normalized spacial score (nSPS) is 17.0. The second-order valence-electron chi connectivity index (χ2n) is 5.56. The number of ether oxygens (including phenoxy) is 1. The van der Waals surface area contributed by atoms with E-state index < -0.39 is 15.8 Å². The van der Waals surface area contributed by atoms with Crippen molar-refractivity contribution in [3.63, 3.8) is 0 Å². The Bertz CT molecular complexity index is 715. The van der Waals surface area contributed by atoms with Crippen molar-refractivity contribution in [2.24, 2.45) is 0 Å². The quantitative estimate of drug-likeness (QED) is 0.753. The molecule has 0 bridgehead atoms. The van der Waals surface area contributed by atoms with Crippen LogP contribution < -0.4 is 10.6 Å². The van der Waals surface area contributed by atoms with Crippen LogP contribution in [0.3, 0.4) is 0 Å². The van der Waals surface area contributed by atoms with Gasteiger partial charge in [-0.15, -0.1) is 12.4 Å². The van der Waals surface area contributed by atoms with Crippen LogP contribution in [-0.4, -0.2) is 46.2 Å². The predicted molar refractivity (Wildman–Crippen MR) is 92.4 cm³/mol. The third-order valence-corrected chi connectivity index (χ3v) is 4.73. The number of anilines is 1. The van der Waals surface area contributed by atoms with Gasteiger partial charge in [-0.25, -0.2) is 13.2 Å². The summed E-state index contributed by atoms with van der Waals surface area (Å²) < 4.78 is 28.1. The molecule has 1 aliphatic heterocycles. The number of halogens is 1. The lowest BCUT2D eigenvalue weighted by molar-refractivity contribution is -0.116. The van der Waals surface area contributed by atoms with E-state index in [4.69, 9.17) is 0 Å². The average Bonchev–Trinajstić information content (AvgIpc) is 2.97. The lowest BCUT2D eigenvalue weighted by Gasteiger charge is -2.12. The first-order valence-corrected chi connectivity index (χ1v) is 9.15. The molecule has 0 aliphatic carbocycles. The highest BCUT2D eigenvalue weighted by atomic mass is 35.5. The van der Waals surface area contributed by atoms with E-state index in [0.717, 1.165) is 25.6 Å². The van der Waals surface area contributed by atoms with Gasteiger partial charge in [0.1, 0.15) is 0 Å². The summed E-state index contributed by atoms with van der Waals surface area (Å²) in [6, 6.07) is 4.10. The number of benzene rings is 1. The van der Waals surface area contributed by atoms with E-state index in [9.17, 15) is 18.0 Å². The second kappa shape index (κ2) is 8.46. The van der Waals surface area contributed by atoms with E-state index in [1.807, 2.05) is 0 Å². The lowest BCUT2D eigenvalue weighted by Crippen LogP contribution is -2.27. The Morgan fingerprint density at radius 3 is 2.58 bits per heavy atom. The number of esters is 1. The smallest absolute Gasteiger partial charge is 0.337 e. The highest BCUT2D eigenvalue weighted by Crippen LogP contribution is 2.20. The Labute approximate surface area is 147 Å². The summed E-state index contributed by atoms with van der Waals surface area (Å²) in [5.74, 6) is -0.894. The van der Waals surface area contributed by atoms with Crippen molar-refractivity contribution in [2.75, 3.05) is 25.2 Å². The summed E-state index contributed by atoms with van der Waals surface area (Å²) in [6.07, 6.45) is 3.31. The second-order valence-corrected chi connectivity index (χ2v) is 7.57. The summed E-state index contributed by atoms with van der Waals surface area (Å²) in [5.41, 5.74) is 0.334. The van der Waals surface area contributed by atoms with Crippen molar-refractivity contribution in [1.29, 1.82) is 0 Å². The zero-order valence-corrected chi connectivity index (χ0v) is 15.1. The molecular weight excluding hydrogens is 356 g/mol. The van der Waals surface area contributed by atoms with Gasteiger partial charge in [-0.2, -0.15) is 0 Å². The number of methoxy groups -OCH3 is 1. The fourth-order valence-corrected chi connectivity index (χ4v) is 3.17. The molecule has 1 heterocycles. The zero-order valence-electron chi connectivity index (χ0n) is 13.5. The van der Waals surface area contributed by atoms with Crippen LogP contribution in [0.2, 0.25) is 0 Å². The summed E-state index contributed by atoms with van der Waals surface area (Å²) in [7, 11) is -2.31. The number of carbonyl (C=O) groups excluding carboxylic acids is 2. The summed E-state index contributed by atoms with van der Waals surface area (Å²) in [4.78, 5) is 23.7. The fraction of sp³-hybridized carbons (Fsp3) is 0.467. The van der Waals surface area contributed by atoms with Gasteiger partial charge in [-0.3, -0.25) is 4.79 Å². The molecule has 0 radical (unpaired) electrons. The van der Waals surface area contributed by atoms with E-state index in [1.54, 1.807) is 0 Å². The van der Waals surface area contributed by atoms with Gasteiger partial charge in [0.25, 0.3) is 0 Å². The molecule has 1 atom stereocenters. The van der Waals surface area contributed by atoms with Crippen molar-refractivity contribution >= 4 is 39.8 Å². The van der Waals surface area contributed by atoms with Crippen molar-refractivity contribution < 1.29 is 22.7 Å². The molecule has 1 saturated heterocycles. The van der Waals surface area contributed by atoms with Crippen LogP contribution in [0, 0.1) is 0 Å². The maximum absolute atomic E-state index is 12.1. The fourth-order valence-electron chi connectivity index (χ4n) is 2.49. The van der Waals surface area contributed by atoms with Crippen LogP contribution in [0.25, 0.3) is 0 Å². The van der Waals surface area contributed by atoms with Gasteiger partial charge < -0.3 is 15.4 Å². The SMILES string of the molecule is COC(=O)c1cc(NC(=O)CC2CCCN2)cc(S(C)(=O)=O)c1.Cl. The average molecular weight is 377 g/mol. The van der Waals surface area contributed by atoms with Crippen LogP contribution in [0.15, 0.2) is 23.1 Å². The molecule has 1 aromatic rings. The molecule has 0 saturated carbocycles. The molecule has 1 aromatic carbocycles. The minimum Gasteiger partial charge on any atom is -0.465 e. The monoisotopic (exact) mass is 376 g/mol. The minimum absolute atomic E-state index is 0. The van der Waals surface area contributed by atoms with Gasteiger partial charge in [0, 0.05) is 24.4 Å². The molecule has 2 N–H and O–H groups in total. The highest BCUT2D eigenvalue weighted by Gasteiger charge is 2.19. The molecule has 1 fully saturated rings. The third kappa shape index (κ3) is 5.47. The number of hydrogen-bond acceptors (Lipinski definition) is 6. The Kier molecular flexibility index (Phi) is 7.19. The van der Waals surface area contributed by atoms with Gasteiger partial charge in [-0.1, -0.05) is 0 Å². The van der Waals surface area contributed by atoms with Crippen LogP contribution in [-0.2, 0) is 19.4 Å². The number of sulfone groups is 1. The van der Waals surface area contributed by atoms with Gasteiger partial charge in [0.05, 0.1) is 17.6 Å². The maximum atomic E-state index is 12.1. The standard InChI is InChI=1S/C15H20N2O5S.ClH/c1-22-15(19)10-6-12(8-13(7-10)23(2,20)21)17-14(18)9-11-4-3-5-16-11;/h6-8,11,16H,3-5,9H2,1-2H3,(H,17,18);1H. The molecule has 1 amide bonds. The van der Waals surface area contributed by atoms with Gasteiger partial charge >= 0.3 is 5.97 Å². The van der Waals surface area contributed by atoms with E-state index >= 15 is 0 Å². The van der Waals surface area contributed by atoms with Crippen LogP contribution in [0.4, 0.5) is 5.69 Å². The maximum Gasteiger partial charge on any atom is 0.337 e. The number of carbonyl (C=O) groups is 2. The van der Waals surface area contributed by atoms with Gasteiger partial charge in [0.15, 0.2) is 9.84 Å². The topological polar surface area (TPSA) is 102 Å². The number of rotatable bonds is 5. The first-order chi connectivity index (χ1) is 10.8. The van der Waals surface area contributed by atoms with E-state index in [0.29, 0.717) is 6.42 Å². The van der Waals surface area contributed by atoms with Crippen LogP contribution in [0.5, 0.6) is 0 Å². The zero-order chi connectivity index (χ0) is 17.0. The van der Waals surface area contributed by atoms with Gasteiger partial charge in [0.2, 0.25) is 5.91 Å². The molecule has 9 heteroatoms. The van der Waals surface area contributed by atoms with E-state index in [1.165, 1.54) is 25.3 Å². The minimum atomic E-state index is -3.52. The van der Waals surface area contributed by atoms with E-state index in [2.05, 4.69) is 15.4 Å². The molecule has 134 valence electrons. The summed E-state index contributed by atoms with van der Waals surface area (Å²) in [5, 5.41) is 5.87.